The van der Waals surface area contributed by atoms with Crippen LogP contribution in [0.2, 0.25) is 5.02 Å². The van der Waals surface area contributed by atoms with Crippen LogP contribution in [0, 0.1) is 0 Å². The maximum atomic E-state index is 12.7. The summed E-state index contributed by atoms with van der Waals surface area (Å²) in [5.74, 6) is 0.261. The van der Waals surface area contributed by atoms with Crippen LogP contribution in [-0.4, -0.2) is 17.6 Å². The number of benzene rings is 3. The quantitative estimate of drug-likeness (QED) is 0.539. The standard InChI is InChI=1S/C24H21ClN2O2S/c1-2-16-8-3-6-13-21(16)27-22(28)15-30-24(27)17-9-7-10-18(14-17)26-23(29)19-11-4-5-12-20(19)25/h3-14,24H,2,15H2,1H3,(H,26,29)/t24-/m1/s1. The zero-order valence-electron chi connectivity index (χ0n) is 16.5. The van der Waals surface area contributed by atoms with Gasteiger partial charge in [0.25, 0.3) is 5.91 Å². The van der Waals surface area contributed by atoms with Gasteiger partial charge in [-0.2, -0.15) is 0 Å². The Labute approximate surface area is 185 Å². The smallest absolute Gasteiger partial charge is 0.257 e. The van der Waals surface area contributed by atoms with Gasteiger partial charge >= 0.3 is 0 Å². The van der Waals surface area contributed by atoms with Gasteiger partial charge in [0.05, 0.1) is 16.3 Å². The minimum atomic E-state index is -0.263. The van der Waals surface area contributed by atoms with Crippen LogP contribution in [0.3, 0.4) is 0 Å². The summed E-state index contributed by atoms with van der Waals surface area (Å²) >= 11 is 7.74. The van der Waals surface area contributed by atoms with Crippen molar-refractivity contribution in [3.63, 3.8) is 0 Å². The molecule has 0 radical (unpaired) electrons. The number of hydrogen-bond donors (Lipinski definition) is 1. The first kappa shape index (κ1) is 20.5. The molecule has 30 heavy (non-hydrogen) atoms. The van der Waals surface area contributed by atoms with Gasteiger partial charge in [-0.3, -0.25) is 14.5 Å². The molecule has 1 saturated heterocycles. The predicted molar refractivity (Wildman–Crippen MR) is 124 cm³/mol. The molecule has 152 valence electrons. The Morgan fingerprint density at radius 1 is 1.10 bits per heavy atom. The highest BCUT2D eigenvalue weighted by atomic mass is 35.5. The molecule has 0 spiro atoms. The van der Waals surface area contributed by atoms with Crippen LogP contribution in [0.15, 0.2) is 72.8 Å². The van der Waals surface area contributed by atoms with Crippen molar-refractivity contribution in [1.29, 1.82) is 0 Å². The highest BCUT2D eigenvalue weighted by molar-refractivity contribution is 8.00. The molecule has 4 nitrogen and oxygen atoms in total. The van der Waals surface area contributed by atoms with Crippen LogP contribution < -0.4 is 10.2 Å². The van der Waals surface area contributed by atoms with Gasteiger partial charge in [-0.15, -0.1) is 11.8 Å². The Bertz CT molecular complexity index is 1100. The fourth-order valence-electron chi connectivity index (χ4n) is 3.59. The minimum absolute atomic E-state index is 0.0939. The third kappa shape index (κ3) is 4.09. The summed E-state index contributed by atoms with van der Waals surface area (Å²) in [7, 11) is 0. The second kappa shape index (κ2) is 8.94. The maximum absolute atomic E-state index is 12.7. The molecule has 0 unspecified atom stereocenters. The van der Waals surface area contributed by atoms with Crippen molar-refractivity contribution in [2.24, 2.45) is 0 Å². The normalized spacial score (nSPS) is 16.0. The maximum Gasteiger partial charge on any atom is 0.257 e. The summed E-state index contributed by atoms with van der Waals surface area (Å²) < 4.78 is 0. The largest absolute Gasteiger partial charge is 0.322 e. The van der Waals surface area contributed by atoms with Crippen molar-refractivity contribution in [3.8, 4) is 0 Å². The average Bonchev–Trinajstić information content (AvgIpc) is 3.15. The van der Waals surface area contributed by atoms with Crippen LogP contribution in [0.25, 0.3) is 0 Å². The molecular formula is C24H21ClN2O2S. The molecule has 0 aromatic heterocycles. The van der Waals surface area contributed by atoms with E-state index in [1.807, 2.05) is 47.4 Å². The van der Waals surface area contributed by atoms with Gasteiger partial charge in [0.1, 0.15) is 5.37 Å². The number of rotatable bonds is 5. The summed E-state index contributed by atoms with van der Waals surface area (Å²) in [6, 6.07) is 22.6. The molecule has 0 saturated carbocycles. The van der Waals surface area contributed by atoms with Gasteiger partial charge < -0.3 is 5.32 Å². The molecule has 0 bridgehead atoms. The van der Waals surface area contributed by atoms with Crippen molar-refractivity contribution >= 4 is 46.6 Å². The molecule has 3 aromatic rings. The van der Waals surface area contributed by atoms with E-state index in [0.29, 0.717) is 22.0 Å². The van der Waals surface area contributed by atoms with E-state index in [1.54, 1.807) is 36.0 Å². The molecule has 6 heteroatoms. The van der Waals surface area contributed by atoms with Gasteiger partial charge in [-0.25, -0.2) is 0 Å². The zero-order valence-corrected chi connectivity index (χ0v) is 18.0. The molecule has 1 fully saturated rings. The van der Waals surface area contributed by atoms with E-state index in [4.69, 9.17) is 11.6 Å². The number of para-hydroxylation sites is 1. The predicted octanol–water partition coefficient (Wildman–Crippen LogP) is 5.93. The van der Waals surface area contributed by atoms with E-state index in [-0.39, 0.29) is 17.2 Å². The molecule has 0 aliphatic carbocycles. The lowest BCUT2D eigenvalue weighted by Crippen LogP contribution is -2.28. The Balaban J connectivity index is 1.62. The van der Waals surface area contributed by atoms with Crippen LogP contribution >= 0.6 is 23.4 Å². The Hall–Kier alpha value is -2.76. The second-order valence-corrected chi connectivity index (χ2v) is 8.44. The first-order valence-electron chi connectivity index (χ1n) is 9.76. The molecule has 1 atom stereocenters. The summed E-state index contributed by atoms with van der Waals surface area (Å²) in [6.07, 6.45) is 0.852. The number of anilines is 2. The number of amides is 2. The SMILES string of the molecule is CCc1ccccc1N1C(=O)CS[C@@H]1c1cccc(NC(=O)c2ccccc2Cl)c1. The summed E-state index contributed by atoms with van der Waals surface area (Å²) in [5, 5.41) is 3.19. The van der Waals surface area contributed by atoms with Crippen LogP contribution in [-0.2, 0) is 11.2 Å². The topological polar surface area (TPSA) is 49.4 Å². The van der Waals surface area contributed by atoms with Gasteiger partial charge in [0, 0.05) is 11.4 Å². The van der Waals surface area contributed by atoms with Crippen molar-refractivity contribution < 1.29 is 9.59 Å². The summed E-state index contributed by atoms with van der Waals surface area (Å²) in [5.41, 5.74) is 4.15. The number of nitrogens with one attached hydrogen (secondary N) is 1. The number of carbonyl (C=O) groups is 2. The fraction of sp³-hybridized carbons (Fsp3) is 0.167. The zero-order chi connectivity index (χ0) is 21.1. The monoisotopic (exact) mass is 436 g/mol. The van der Waals surface area contributed by atoms with Gasteiger partial charge in [0.15, 0.2) is 0 Å². The van der Waals surface area contributed by atoms with E-state index < -0.39 is 0 Å². The van der Waals surface area contributed by atoms with Gasteiger partial charge in [-0.1, -0.05) is 61.0 Å². The lowest BCUT2D eigenvalue weighted by molar-refractivity contribution is -0.115. The van der Waals surface area contributed by atoms with Gasteiger partial charge in [-0.05, 0) is 47.9 Å². The van der Waals surface area contributed by atoms with Crippen molar-refractivity contribution in [2.45, 2.75) is 18.7 Å². The van der Waals surface area contributed by atoms with Crippen molar-refractivity contribution in [1.82, 2.24) is 0 Å². The molecule has 1 aliphatic heterocycles. The number of halogens is 1. The van der Waals surface area contributed by atoms with E-state index in [0.717, 1.165) is 23.2 Å². The van der Waals surface area contributed by atoms with E-state index in [9.17, 15) is 9.59 Å². The molecule has 1 heterocycles. The van der Waals surface area contributed by atoms with E-state index in [1.165, 1.54) is 0 Å². The van der Waals surface area contributed by atoms with Crippen molar-refractivity contribution in [3.05, 3.63) is 94.5 Å². The molecule has 3 aromatic carbocycles. The molecule has 2 amide bonds. The minimum Gasteiger partial charge on any atom is -0.322 e. The summed E-state index contributed by atoms with van der Waals surface area (Å²) in [4.78, 5) is 27.2. The number of nitrogens with zero attached hydrogens (tertiary/aromatic N) is 1. The first-order valence-corrected chi connectivity index (χ1v) is 11.2. The highest BCUT2D eigenvalue weighted by Crippen LogP contribution is 2.43. The molecule has 1 aliphatic rings. The van der Waals surface area contributed by atoms with E-state index in [2.05, 4.69) is 18.3 Å². The fourth-order valence-corrected chi connectivity index (χ4v) is 4.97. The second-order valence-electron chi connectivity index (χ2n) is 6.97. The van der Waals surface area contributed by atoms with Gasteiger partial charge in [0.2, 0.25) is 5.91 Å². The molecule has 1 N–H and O–H groups in total. The Kier molecular flexibility index (Phi) is 6.11. The van der Waals surface area contributed by atoms with E-state index >= 15 is 0 Å². The third-order valence-electron chi connectivity index (χ3n) is 5.05. The lowest BCUT2D eigenvalue weighted by atomic mass is 10.1. The van der Waals surface area contributed by atoms with Crippen LogP contribution in [0.4, 0.5) is 11.4 Å². The lowest BCUT2D eigenvalue weighted by Gasteiger charge is -2.26. The first-order chi connectivity index (χ1) is 14.6. The number of hydrogen-bond acceptors (Lipinski definition) is 3. The molecule has 4 rings (SSSR count). The van der Waals surface area contributed by atoms with Crippen molar-refractivity contribution in [2.75, 3.05) is 16.0 Å². The Morgan fingerprint density at radius 2 is 1.87 bits per heavy atom. The third-order valence-corrected chi connectivity index (χ3v) is 6.59. The Morgan fingerprint density at radius 3 is 2.67 bits per heavy atom. The number of aryl methyl sites for hydroxylation is 1. The van der Waals surface area contributed by atoms with Crippen LogP contribution in [0.1, 0.15) is 33.8 Å². The highest BCUT2D eigenvalue weighted by Gasteiger charge is 2.35. The number of carbonyl (C=O) groups excluding carboxylic acids is 2. The van der Waals surface area contributed by atoms with Crippen LogP contribution in [0.5, 0.6) is 0 Å². The molecular weight excluding hydrogens is 416 g/mol. The summed E-state index contributed by atoms with van der Waals surface area (Å²) in [6.45, 7) is 2.09. The average molecular weight is 437 g/mol. The number of thioether (sulfide) groups is 1.